The highest BCUT2D eigenvalue weighted by Crippen LogP contribution is 2.31. The average Bonchev–Trinajstić information content (AvgIpc) is 2.02. The summed E-state index contributed by atoms with van der Waals surface area (Å²) in [5.74, 6) is 0. The molecule has 0 saturated carbocycles. The van der Waals surface area contributed by atoms with Crippen LogP contribution in [0.2, 0.25) is 0 Å². The number of aryl methyl sites for hydroxylation is 1. The Balaban J connectivity index is 3.02. The Morgan fingerprint density at radius 2 is 2.00 bits per heavy atom. The topological polar surface area (TPSA) is 38.9 Å². The van der Waals surface area contributed by atoms with Crippen LogP contribution in [0.3, 0.4) is 0 Å². The lowest BCUT2D eigenvalue weighted by Gasteiger charge is -2.28. The summed E-state index contributed by atoms with van der Waals surface area (Å²) in [6.07, 6.45) is 3.66. The maximum atomic E-state index is 6.15. The molecule has 13 heavy (non-hydrogen) atoms. The van der Waals surface area contributed by atoms with Crippen LogP contribution in [0.15, 0.2) is 18.5 Å². The van der Waals surface area contributed by atoms with E-state index in [0.717, 1.165) is 0 Å². The SMILES string of the molecule is Cc1cnccc1C(N)C(C)(C)C. The van der Waals surface area contributed by atoms with E-state index >= 15 is 0 Å². The van der Waals surface area contributed by atoms with E-state index in [1.807, 2.05) is 19.2 Å². The highest BCUT2D eigenvalue weighted by atomic mass is 14.7. The fourth-order valence-corrected chi connectivity index (χ4v) is 1.30. The molecule has 0 aromatic carbocycles. The first kappa shape index (κ1) is 10.2. The third-order valence-corrected chi connectivity index (χ3v) is 2.33. The van der Waals surface area contributed by atoms with Crippen LogP contribution < -0.4 is 5.73 Å². The molecule has 2 heteroatoms. The number of nitrogens with two attached hydrogens (primary N) is 1. The first-order valence-corrected chi connectivity index (χ1v) is 4.59. The van der Waals surface area contributed by atoms with Crippen LogP contribution in [-0.2, 0) is 0 Å². The van der Waals surface area contributed by atoms with Gasteiger partial charge in [-0.3, -0.25) is 4.98 Å². The predicted octanol–water partition coefficient (Wildman–Crippen LogP) is 2.44. The molecule has 0 amide bonds. The molecule has 1 heterocycles. The van der Waals surface area contributed by atoms with Crippen LogP contribution in [0.25, 0.3) is 0 Å². The van der Waals surface area contributed by atoms with E-state index in [0.29, 0.717) is 0 Å². The Morgan fingerprint density at radius 1 is 1.38 bits per heavy atom. The monoisotopic (exact) mass is 178 g/mol. The van der Waals surface area contributed by atoms with Crippen LogP contribution in [0, 0.1) is 12.3 Å². The van der Waals surface area contributed by atoms with Crippen molar-refractivity contribution in [3.63, 3.8) is 0 Å². The Bertz CT molecular complexity index is 286. The Hall–Kier alpha value is -0.890. The highest BCUT2D eigenvalue weighted by Gasteiger charge is 2.23. The van der Waals surface area contributed by atoms with E-state index in [1.165, 1.54) is 11.1 Å². The van der Waals surface area contributed by atoms with E-state index in [4.69, 9.17) is 5.73 Å². The minimum absolute atomic E-state index is 0.0792. The van der Waals surface area contributed by atoms with Crippen LogP contribution in [-0.4, -0.2) is 4.98 Å². The first-order valence-electron chi connectivity index (χ1n) is 4.59. The summed E-state index contributed by atoms with van der Waals surface area (Å²) >= 11 is 0. The molecular weight excluding hydrogens is 160 g/mol. The van der Waals surface area contributed by atoms with Crippen molar-refractivity contribution in [1.82, 2.24) is 4.98 Å². The second kappa shape index (κ2) is 3.46. The third-order valence-electron chi connectivity index (χ3n) is 2.33. The Kier molecular flexibility index (Phi) is 2.71. The summed E-state index contributed by atoms with van der Waals surface area (Å²) in [5.41, 5.74) is 8.62. The molecule has 0 saturated heterocycles. The van der Waals surface area contributed by atoms with Crippen molar-refractivity contribution in [2.75, 3.05) is 0 Å². The maximum Gasteiger partial charge on any atom is 0.0347 e. The predicted molar refractivity (Wildman–Crippen MR) is 55.4 cm³/mol. The summed E-state index contributed by atoms with van der Waals surface area (Å²) in [6.45, 7) is 8.50. The lowest BCUT2D eigenvalue weighted by atomic mass is 9.82. The van der Waals surface area contributed by atoms with Crippen molar-refractivity contribution in [3.05, 3.63) is 29.6 Å². The van der Waals surface area contributed by atoms with Crippen LogP contribution in [0.1, 0.15) is 37.9 Å². The molecular formula is C11H18N2. The van der Waals surface area contributed by atoms with Crippen LogP contribution >= 0.6 is 0 Å². The van der Waals surface area contributed by atoms with E-state index < -0.39 is 0 Å². The first-order chi connectivity index (χ1) is 5.93. The van der Waals surface area contributed by atoms with E-state index in [1.54, 1.807) is 6.20 Å². The van der Waals surface area contributed by atoms with Gasteiger partial charge in [0.05, 0.1) is 0 Å². The van der Waals surface area contributed by atoms with Crippen molar-refractivity contribution in [3.8, 4) is 0 Å². The van der Waals surface area contributed by atoms with Crippen LogP contribution in [0.5, 0.6) is 0 Å². The van der Waals surface area contributed by atoms with Gasteiger partial charge in [0.25, 0.3) is 0 Å². The zero-order chi connectivity index (χ0) is 10.1. The van der Waals surface area contributed by atoms with Gasteiger partial charge >= 0.3 is 0 Å². The lowest BCUT2D eigenvalue weighted by Crippen LogP contribution is -2.26. The Morgan fingerprint density at radius 3 is 2.46 bits per heavy atom. The Labute approximate surface area is 80.2 Å². The largest absolute Gasteiger partial charge is 0.324 e. The minimum atomic E-state index is 0.0792. The molecule has 0 radical (unpaired) electrons. The van der Waals surface area contributed by atoms with Gasteiger partial charge in [0.1, 0.15) is 0 Å². The fraction of sp³-hybridized carbons (Fsp3) is 0.545. The van der Waals surface area contributed by atoms with Gasteiger partial charge in [-0.1, -0.05) is 20.8 Å². The zero-order valence-electron chi connectivity index (χ0n) is 8.83. The quantitative estimate of drug-likeness (QED) is 0.717. The van der Waals surface area contributed by atoms with E-state index in [9.17, 15) is 0 Å². The molecule has 1 aromatic heterocycles. The molecule has 0 bridgehead atoms. The number of aromatic nitrogens is 1. The maximum absolute atomic E-state index is 6.15. The number of pyridine rings is 1. The molecule has 1 aromatic rings. The molecule has 0 fully saturated rings. The molecule has 72 valence electrons. The summed E-state index contributed by atoms with van der Waals surface area (Å²) < 4.78 is 0. The molecule has 1 atom stereocenters. The summed E-state index contributed by atoms with van der Waals surface area (Å²) in [5, 5.41) is 0. The van der Waals surface area contributed by atoms with Gasteiger partial charge in [0.2, 0.25) is 0 Å². The standard InChI is InChI=1S/C11H18N2/c1-8-7-13-6-5-9(8)10(12)11(2,3)4/h5-7,10H,12H2,1-4H3. The number of hydrogen-bond acceptors (Lipinski definition) is 2. The summed E-state index contributed by atoms with van der Waals surface area (Å²) in [4.78, 5) is 4.05. The molecule has 0 aliphatic heterocycles. The van der Waals surface area contributed by atoms with E-state index in [2.05, 4.69) is 25.8 Å². The van der Waals surface area contributed by atoms with Gasteiger partial charge < -0.3 is 5.73 Å². The molecule has 0 aliphatic rings. The number of hydrogen-bond donors (Lipinski definition) is 1. The van der Waals surface area contributed by atoms with Crippen LogP contribution in [0.4, 0.5) is 0 Å². The third kappa shape index (κ3) is 2.28. The van der Waals surface area contributed by atoms with Gasteiger partial charge in [-0.15, -0.1) is 0 Å². The van der Waals surface area contributed by atoms with Gasteiger partial charge in [0.15, 0.2) is 0 Å². The summed E-state index contributed by atoms with van der Waals surface area (Å²) in [7, 11) is 0. The number of nitrogens with zero attached hydrogens (tertiary/aromatic N) is 1. The minimum Gasteiger partial charge on any atom is -0.324 e. The van der Waals surface area contributed by atoms with Crippen molar-refractivity contribution < 1.29 is 0 Å². The van der Waals surface area contributed by atoms with Crippen molar-refractivity contribution >= 4 is 0 Å². The molecule has 0 aliphatic carbocycles. The van der Waals surface area contributed by atoms with Gasteiger partial charge in [0, 0.05) is 18.4 Å². The molecule has 1 unspecified atom stereocenters. The smallest absolute Gasteiger partial charge is 0.0347 e. The highest BCUT2D eigenvalue weighted by molar-refractivity contribution is 5.26. The average molecular weight is 178 g/mol. The fourth-order valence-electron chi connectivity index (χ4n) is 1.30. The second-order valence-electron chi connectivity index (χ2n) is 4.58. The lowest BCUT2D eigenvalue weighted by molar-refractivity contribution is 0.326. The normalized spacial score (nSPS) is 14.2. The zero-order valence-corrected chi connectivity index (χ0v) is 8.83. The molecule has 1 rings (SSSR count). The van der Waals surface area contributed by atoms with E-state index in [-0.39, 0.29) is 11.5 Å². The second-order valence-corrected chi connectivity index (χ2v) is 4.58. The van der Waals surface area contributed by atoms with Crippen molar-refractivity contribution in [1.29, 1.82) is 0 Å². The molecule has 2 N–H and O–H groups in total. The van der Waals surface area contributed by atoms with Crippen molar-refractivity contribution in [2.45, 2.75) is 33.7 Å². The van der Waals surface area contributed by atoms with Gasteiger partial charge in [-0.05, 0) is 29.5 Å². The molecule has 0 spiro atoms. The summed E-state index contributed by atoms with van der Waals surface area (Å²) in [6, 6.07) is 2.08. The van der Waals surface area contributed by atoms with Gasteiger partial charge in [-0.25, -0.2) is 0 Å². The molecule has 2 nitrogen and oxygen atoms in total. The van der Waals surface area contributed by atoms with Crippen molar-refractivity contribution in [2.24, 2.45) is 11.1 Å². The van der Waals surface area contributed by atoms with Gasteiger partial charge in [-0.2, -0.15) is 0 Å². The number of rotatable bonds is 1.